The number of thiophene rings is 1. The highest BCUT2D eigenvalue weighted by molar-refractivity contribution is 8.15. The molecule has 0 aliphatic heterocycles. The Kier molecular flexibility index (Phi) is 5.82. The number of carbonyl (C=O) groups is 1. The van der Waals surface area contributed by atoms with Crippen LogP contribution < -0.4 is 5.32 Å². The van der Waals surface area contributed by atoms with E-state index in [9.17, 15) is 13.2 Å². The van der Waals surface area contributed by atoms with E-state index in [0.717, 1.165) is 16.2 Å². The Balaban J connectivity index is 2.46. The van der Waals surface area contributed by atoms with E-state index in [0.29, 0.717) is 18.9 Å². The Morgan fingerprint density at radius 1 is 1.37 bits per heavy atom. The monoisotopic (exact) mass is 323 g/mol. The maximum absolute atomic E-state index is 11.7. The molecule has 1 rings (SSSR count). The van der Waals surface area contributed by atoms with Crippen molar-refractivity contribution < 1.29 is 13.2 Å². The molecular weight excluding hydrogens is 306 g/mol. The Labute approximate surface area is 122 Å². The van der Waals surface area contributed by atoms with Crippen LogP contribution in [-0.4, -0.2) is 20.9 Å². The molecule has 0 aromatic carbocycles. The molecule has 0 aliphatic carbocycles. The maximum atomic E-state index is 11.7. The van der Waals surface area contributed by atoms with Crippen LogP contribution in [0.4, 0.5) is 0 Å². The molecule has 0 aliphatic rings. The van der Waals surface area contributed by atoms with Gasteiger partial charge < -0.3 is 5.32 Å². The first kappa shape index (κ1) is 16.5. The molecule has 1 N–H and O–H groups in total. The number of carbonyl (C=O) groups excluding carboxylic acids is 1. The number of hydrogen-bond acceptors (Lipinski definition) is 4. The van der Waals surface area contributed by atoms with Gasteiger partial charge in [0.05, 0.1) is 0 Å². The molecule has 1 aromatic rings. The standard InChI is InChI=1S/C12H18ClNO3S2/c1-8(2)9(3)12(15)14-7-6-10-4-5-11(18-10)19(13,16)17/h4-5,8-9H,6-7H2,1-3H3,(H,14,15). The first-order chi connectivity index (χ1) is 8.71. The minimum Gasteiger partial charge on any atom is -0.356 e. The van der Waals surface area contributed by atoms with Gasteiger partial charge in [-0.2, -0.15) is 0 Å². The third-order valence-electron chi connectivity index (χ3n) is 2.96. The fourth-order valence-electron chi connectivity index (χ4n) is 1.40. The molecule has 1 aromatic heterocycles. The van der Waals surface area contributed by atoms with Crippen LogP contribution >= 0.6 is 22.0 Å². The average molecular weight is 324 g/mol. The highest BCUT2D eigenvalue weighted by Gasteiger charge is 2.16. The molecule has 1 atom stereocenters. The highest BCUT2D eigenvalue weighted by atomic mass is 35.7. The molecule has 0 saturated carbocycles. The second kappa shape index (κ2) is 6.72. The average Bonchev–Trinajstić information content (AvgIpc) is 2.76. The highest BCUT2D eigenvalue weighted by Crippen LogP contribution is 2.24. The third-order valence-corrected chi connectivity index (χ3v) is 6.20. The lowest BCUT2D eigenvalue weighted by Crippen LogP contribution is -2.33. The molecule has 1 heterocycles. The summed E-state index contributed by atoms with van der Waals surface area (Å²) < 4.78 is 22.3. The third kappa shape index (κ3) is 5.12. The van der Waals surface area contributed by atoms with Crippen LogP contribution in [0.15, 0.2) is 16.3 Å². The van der Waals surface area contributed by atoms with Crippen LogP contribution in [0.5, 0.6) is 0 Å². The summed E-state index contributed by atoms with van der Waals surface area (Å²) in [6, 6.07) is 3.21. The van der Waals surface area contributed by atoms with Crippen molar-refractivity contribution in [1.82, 2.24) is 5.32 Å². The van der Waals surface area contributed by atoms with Crippen molar-refractivity contribution in [2.24, 2.45) is 11.8 Å². The molecule has 0 fully saturated rings. The lowest BCUT2D eigenvalue weighted by Gasteiger charge is -2.14. The van der Waals surface area contributed by atoms with Gasteiger partial charge in [-0.3, -0.25) is 4.79 Å². The molecule has 7 heteroatoms. The van der Waals surface area contributed by atoms with E-state index in [4.69, 9.17) is 10.7 Å². The van der Waals surface area contributed by atoms with Crippen molar-refractivity contribution in [1.29, 1.82) is 0 Å². The second-order valence-electron chi connectivity index (χ2n) is 4.73. The van der Waals surface area contributed by atoms with Crippen molar-refractivity contribution in [3.8, 4) is 0 Å². The topological polar surface area (TPSA) is 63.2 Å². The number of nitrogens with one attached hydrogen (secondary N) is 1. The maximum Gasteiger partial charge on any atom is 0.270 e. The van der Waals surface area contributed by atoms with E-state index in [-0.39, 0.29) is 16.0 Å². The van der Waals surface area contributed by atoms with Gasteiger partial charge in [0.1, 0.15) is 4.21 Å². The molecule has 1 amide bonds. The van der Waals surface area contributed by atoms with Crippen LogP contribution in [-0.2, 0) is 20.3 Å². The summed E-state index contributed by atoms with van der Waals surface area (Å²) in [5, 5.41) is 2.85. The van der Waals surface area contributed by atoms with E-state index < -0.39 is 9.05 Å². The molecule has 4 nitrogen and oxygen atoms in total. The van der Waals surface area contributed by atoms with Gasteiger partial charge in [-0.05, 0) is 24.5 Å². The van der Waals surface area contributed by atoms with Gasteiger partial charge >= 0.3 is 0 Å². The fourth-order valence-corrected chi connectivity index (χ4v) is 3.52. The Morgan fingerprint density at radius 2 is 2.00 bits per heavy atom. The summed E-state index contributed by atoms with van der Waals surface area (Å²) in [5.41, 5.74) is 0. The summed E-state index contributed by atoms with van der Waals surface area (Å²) in [5.74, 6) is 0.300. The van der Waals surface area contributed by atoms with Crippen molar-refractivity contribution >= 4 is 37.0 Å². The zero-order valence-corrected chi connectivity index (χ0v) is 13.5. The summed E-state index contributed by atoms with van der Waals surface area (Å²) in [6.07, 6.45) is 0.605. The predicted molar refractivity (Wildman–Crippen MR) is 78.1 cm³/mol. The summed E-state index contributed by atoms with van der Waals surface area (Å²) >= 11 is 1.13. The lowest BCUT2D eigenvalue weighted by molar-refractivity contribution is -0.125. The molecular formula is C12H18ClNO3S2. The first-order valence-electron chi connectivity index (χ1n) is 6.03. The van der Waals surface area contributed by atoms with E-state index in [2.05, 4.69) is 5.32 Å². The number of hydrogen-bond donors (Lipinski definition) is 1. The first-order valence-corrected chi connectivity index (χ1v) is 9.15. The lowest BCUT2D eigenvalue weighted by atomic mass is 9.97. The van der Waals surface area contributed by atoms with Crippen molar-refractivity contribution in [2.45, 2.75) is 31.4 Å². The van der Waals surface area contributed by atoms with Gasteiger partial charge in [0, 0.05) is 28.0 Å². The van der Waals surface area contributed by atoms with Crippen LogP contribution in [0.2, 0.25) is 0 Å². The largest absolute Gasteiger partial charge is 0.356 e. The molecule has 0 saturated heterocycles. The minimum absolute atomic E-state index is 0.0248. The van der Waals surface area contributed by atoms with Gasteiger partial charge in [-0.25, -0.2) is 8.42 Å². The molecule has 108 valence electrons. The van der Waals surface area contributed by atoms with E-state index in [1.165, 1.54) is 6.07 Å². The van der Waals surface area contributed by atoms with Crippen molar-refractivity contribution in [2.75, 3.05) is 6.54 Å². The molecule has 0 bridgehead atoms. The van der Waals surface area contributed by atoms with Crippen LogP contribution in [0.3, 0.4) is 0 Å². The molecule has 1 unspecified atom stereocenters. The minimum atomic E-state index is -3.64. The van der Waals surface area contributed by atoms with Gasteiger partial charge in [0.2, 0.25) is 5.91 Å². The Hall–Kier alpha value is -0.590. The molecule has 19 heavy (non-hydrogen) atoms. The zero-order valence-electron chi connectivity index (χ0n) is 11.1. The second-order valence-corrected chi connectivity index (χ2v) is 8.69. The fraction of sp³-hybridized carbons (Fsp3) is 0.583. The Morgan fingerprint density at radius 3 is 2.47 bits per heavy atom. The normalized spacial score (nSPS) is 13.5. The van der Waals surface area contributed by atoms with Crippen molar-refractivity contribution in [3.63, 3.8) is 0 Å². The Bertz CT molecular complexity index is 537. The van der Waals surface area contributed by atoms with Gasteiger partial charge in [0.15, 0.2) is 0 Å². The smallest absolute Gasteiger partial charge is 0.270 e. The van der Waals surface area contributed by atoms with Crippen molar-refractivity contribution in [3.05, 3.63) is 17.0 Å². The zero-order chi connectivity index (χ0) is 14.6. The van der Waals surface area contributed by atoms with E-state index in [1.54, 1.807) is 6.07 Å². The van der Waals surface area contributed by atoms with Crippen LogP contribution in [0.1, 0.15) is 25.6 Å². The summed E-state index contributed by atoms with van der Waals surface area (Å²) in [7, 11) is 1.60. The van der Waals surface area contributed by atoms with Gasteiger partial charge in [0.25, 0.3) is 9.05 Å². The summed E-state index contributed by atoms with van der Waals surface area (Å²) in [4.78, 5) is 12.6. The number of rotatable bonds is 6. The van der Waals surface area contributed by atoms with Crippen LogP contribution in [0.25, 0.3) is 0 Å². The predicted octanol–water partition coefficient (Wildman–Crippen LogP) is 2.63. The van der Waals surface area contributed by atoms with Crippen LogP contribution in [0, 0.1) is 11.8 Å². The van der Waals surface area contributed by atoms with E-state index in [1.807, 2.05) is 20.8 Å². The SMILES string of the molecule is CC(C)C(C)C(=O)NCCc1ccc(S(=O)(=O)Cl)s1. The quantitative estimate of drug-likeness (QED) is 0.818. The van der Waals surface area contributed by atoms with Gasteiger partial charge in [-0.15, -0.1) is 11.3 Å². The van der Waals surface area contributed by atoms with E-state index >= 15 is 0 Å². The van der Waals surface area contributed by atoms with Gasteiger partial charge in [-0.1, -0.05) is 20.8 Å². The summed E-state index contributed by atoms with van der Waals surface area (Å²) in [6.45, 7) is 6.39. The molecule has 0 spiro atoms. The number of halogens is 1. The molecule has 0 radical (unpaired) electrons. The number of amides is 1.